The van der Waals surface area contributed by atoms with Crippen molar-refractivity contribution in [2.45, 2.75) is 26.1 Å². The second kappa shape index (κ2) is 7.06. The van der Waals surface area contributed by atoms with Crippen LogP contribution in [0.25, 0.3) is 0 Å². The average Bonchev–Trinajstić information content (AvgIpc) is 2.01. The van der Waals surface area contributed by atoms with Gasteiger partial charge in [0.15, 0.2) is 0 Å². The molecule has 0 rings (SSSR count). The molecule has 1 unspecified atom stereocenters. The summed E-state index contributed by atoms with van der Waals surface area (Å²) >= 11 is 0. The van der Waals surface area contributed by atoms with Crippen LogP contribution in [0.1, 0.15) is 13.8 Å². The zero-order chi connectivity index (χ0) is 11.9. The van der Waals surface area contributed by atoms with Crippen LogP contribution in [-0.4, -0.2) is 56.8 Å². The lowest BCUT2D eigenvalue weighted by atomic mass is 10.2. The zero-order valence-corrected chi connectivity index (χ0v) is 9.81. The fourth-order valence-electron chi connectivity index (χ4n) is 0.905. The van der Waals surface area contributed by atoms with Crippen molar-refractivity contribution < 1.29 is 13.2 Å². The number of alkyl halides is 3. The summed E-state index contributed by atoms with van der Waals surface area (Å²) < 4.78 is 36.8. The zero-order valence-electron chi connectivity index (χ0n) is 9.81. The topological polar surface area (TPSA) is 6.48 Å². The van der Waals surface area contributed by atoms with E-state index >= 15 is 0 Å². The summed E-state index contributed by atoms with van der Waals surface area (Å²) in [6.45, 7) is 4.00. The lowest BCUT2D eigenvalue weighted by Gasteiger charge is -2.28. The highest BCUT2D eigenvalue weighted by Crippen LogP contribution is 2.23. The first-order valence-electron chi connectivity index (χ1n) is 4.63. The molecule has 0 aromatic carbocycles. The van der Waals surface area contributed by atoms with Crippen LogP contribution in [0.3, 0.4) is 0 Å². The molecule has 0 aromatic heterocycles. The molecule has 0 bridgehead atoms. The molecule has 0 amide bonds. The SMILES string of the molecule is CC.CN(C)CC(N(C)C)C(F)(F)F. The molecule has 0 aromatic rings. The third kappa shape index (κ3) is 7.15. The molecule has 0 aliphatic rings. The summed E-state index contributed by atoms with van der Waals surface area (Å²) in [4.78, 5) is 2.71. The highest BCUT2D eigenvalue weighted by Gasteiger charge is 2.41. The monoisotopic (exact) mass is 214 g/mol. The maximum absolute atomic E-state index is 12.3. The van der Waals surface area contributed by atoms with Gasteiger partial charge in [-0.1, -0.05) is 13.8 Å². The van der Waals surface area contributed by atoms with Gasteiger partial charge in [0, 0.05) is 6.54 Å². The van der Waals surface area contributed by atoms with Crippen LogP contribution in [0.5, 0.6) is 0 Å². The van der Waals surface area contributed by atoms with Gasteiger partial charge in [-0.3, -0.25) is 4.90 Å². The molecule has 0 aliphatic carbocycles. The highest BCUT2D eigenvalue weighted by atomic mass is 19.4. The fourth-order valence-corrected chi connectivity index (χ4v) is 0.905. The maximum Gasteiger partial charge on any atom is 0.405 e. The second-order valence-electron chi connectivity index (χ2n) is 3.28. The quantitative estimate of drug-likeness (QED) is 0.709. The smallest absolute Gasteiger partial charge is 0.307 e. The van der Waals surface area contributed by atoms with Gasteiger partial charge >= 0.3 is 6.18 Å². The first kappa shape index (κ1) is 16.2. The van der Waals surface area contributed by atoms with Crippen molar-refractivity contribution in [3.05, 3.63) is 0 Å². The van der Waals surface area contributed by atoms with Crippen molar-refractivity contribution in [2.75, 3.05) is 34.7 Å². The lowest BCUT2D eigenvalue weighted by Crippen LogP contribution is -2.47. The van der Waals surface area contributed by atoms with Crippen molar-refractivity contribution in [2.24, 2.45) is 0 Å². The standard InChI is InChI=1S/C7H15F3N2.C2H6/c1-11(2)5-6(12(3)4)7(8,9)10;1-2/h6H,5H2,1-4H3;1-2H3. The lowest BCUT2D eigenvalue weighted by molar-refractivity contribution is -0.180. The van der Waals surface area contributed by atoms with Crippen molar-refractivity contribution in [3.63, 3.8) is 0 Å². The Morgan fingerprint density at radius 2 is 1.36 bits per heavy atom. The van der Waals surface area contributed by atoms with E-state index < -0.39 is 12.2 Å². The van der Waals surface area contributed by atoms with Gasteiger partial charge in [-0.25, -0.2) is 0 Å². The van der Waals surface area contributed by atoms with Gasteiger partial charge in [0.25, 0.3) is 0 Å². The van der Waals surface area contributed by atoms with Crippen LogP contribution in [0.4, 0.5) is 13.2 Å². The first-order valence-corrected chi connectivity index (χ1v) is 4.63. The summed E-state index contributed by atoms with van der Waals surface area (Å²) in [7, 11) is 6.12. The van der Waals surface area contributed by atoms with Crippen LogP contribution in [0.15, 0.2) is 0 Å². The molecule has 0 saturated heterocycles. The van der Waals surface area contributed by atoms with Crippen LogP contribution in [-0.2, 0) is 0 Å². The van der Waals surface area contributed by atoms with E-state index in [1.807, 2.05) is 13.8 Å². The van der Waals surface area contributed by atoms with Crippen LogP contribution in [0.2, 0.25) is 0 Å². The number of nitrogens with zero attached hydrogens (tertiary/aromatic N) is 2. The molecule has 1 atom stereocenters. The van der Waals surface area contributed by atoms with E-state index in [4.69, 9.17) is 0 Å². The van der Waals surface area contributed by atoms with Gasteiger partial charge in [-0.05, 0) is 28.2 Å². The van der Waals surface area contributed by atoms with Crippen molar-refractivity contribution in [1.29, 1.82) is 0 Å². The van der Waals surface area contributed by atoms with Crippen molar-refractivity contribution in [1.82, 2.24) is 9.80 Å². The molecule has 88 valence electrons. The third-order valence-corrected chi connectivity index (χ3v) is 1.54. The van der Waals surface area contributed by atoms with Crippen molar-refractivity contribution in [3.8, 4) is 0 Å². The molecule has 2 nitrogen and oxygen atoms in total. The number of likely N-dealkylation sites (N-methyl/N-ethyl adjacent to an activating group) is 2. The Morgan fingerprint density at radius 1 is 1.00 bits per heavy atom. The Hall–Kier alpha value is -0.290. The van der Waals surface area contributed by atoms with Gasteiger partial charge in [-0.2, -0.15) is 13.2 Å². The van der Waals surface area contributed by atoms with Crippen LogP contribution in [0, 0.1) is 0 Å². The summed E-state index contributed by atoms with van der Waals surface area (Å²) in [6.07, 6.45) is -4.15. The minimum Gasteiger partial charge on any atom is -0.307 e. The molecule has 0 fully saturated rings. The van der Waals surface area contributed by atoms with Crippen molar-refractivity contribution >= 4 is 0 Å². The number of hydrogen-bond acceptors (Lipinski definition) is 2. The summed E-state index contributed by atoms with van der Waals surface area (Å²) in [5.41, 5.74) is 0. The maximum atomic E-state index is 12.3. The summed E-state index contributed by atoms with van der Waals surface area (Å²) in [5, 5.41) is 0. The van der Waals surface area contributed by atoms with E-state index in [0.717, 1.165) is 0 Å². The molecule has 14 heavy (non-hydrogen) atoms. The molecular weight excluding hydrogens is 193 g/mol. The largest absolute Gasteiger partial charge is 0.405 e. The molecule has 0 saturated carbocycles. The van der Waals surface area contributed by atoms with E-state index in [2.05, 4.69) is 0 Å². The van der Waals surface area contributed by atoms with E-state index in [9.17, 15) is 13.2 Å². The molecule has 0 aliphatic heterocycles. The van der Waals surface area contributed by atoms with Gasteiger partial charge < -0.3 is 4.90 Å². The third-order valence-electron chi connectivity index (χ3n) is 1.54. The Labute approximate surface area is 84.7 Å². The highest BCUT2D eigenvalue weighted by molar-refractivity contribution is 4.76. The Bertz CT molecular complexity index is 133. The van der Waals surface area contributed by atoms with Gasteiger partial charge in [0.1, 0.15) is 6.04 Å². The van der Waals surface area contributed by atoms with Crippen LogP contribution >= 0.6 is 0 Å². The van der Waals surface area contributed by atoms with Gasteiger partial charge in [0.05, 0.1) is 0 Å². The predicted molar refractivity (Wildman–Crippen MR) is 53.4 cm³/mol. The van der Waals surface area contributed by atoms with E-state index in [0.29, 0.717) is 0 Å². The van der Waals surface area contributed by atoms with E-state index in [1.54, 1.807) is 14.1 Å². The Balaban J connectivity index is 0. The average molecular weight is 214 g/mol. The summed E-state index contributed by atoms with van der Waals surface area (Å²) in [5.74, 6) is 0. The molecule has 5 heteroatoms. The summed E-state index contributed by atoms with van der Waals surface area (Å²) in [6, 6.07) is -1.38. The normalized spacial score (nSPS) is 13.9. The predicted octanol–water partition coefficient (Wildman–Crippen LogP) is 2.07. The van der Waals surface area contributed by atoms with E-state index in [-0.39, 0.29) is 6.54 Å². The Morgan fingerprint density at radius 3 is 1.43 bits per heavy atom. The molecule has 0 heterocycles. The molecule has 0 N–H and O–H groups in total. The first-order chi connectivity index (χ1) is 6.25. The number of hydrogen-bond donors (Lipinski definition) is 0. The molecule has 0 spiro atoms. The number of rotatable bonds is 3. The molecule has 0 radical (unpaired) electrons. The second-order valence-corrected chi connectivity index (χ2v) is 3.28. The van der Waals surface area contributed by atoms with Gasteiger partial charge in [0.2, 0.25) is 0 Å². The molecular formula is C9H21F3N2. The Kier molecular flexibility index (Phi) is 8.15. The van der Waals surface area contributed by atoms with Crippen LogP contribution < -0.4 is 0 Å². The van der Waals surface area contributed by atoms with E-state index in [1.165, 1.54) is 23.9 Å². The minimum atomic E-state index is -4.15. The minimum absolute atomic E-state index is 0.00347. The fraction of sp³-hybridized carbons (Fsp3) is 1.00. The van der Waals surface area contributed by atoms with Gasteiger partial charge in [-0.15, -0.1) is 0 Å². The number of halogens is 3.